The topological polar surface area (TPSA) is 20.2 Å². The molecule has 21 heavy (non-hydrogen) atoms. The first-order valence-electron chi connectivity index (χ1n) is 8.34. The summed E-state index contributed by atoms with van der Waals surface area (Å²) < 4.78 is -0.132. The molecule has 0 aromatic carbocycles. The van der Waals surface area contributed by atoms with E-state index in [0.717, 1.165) is 12.0 Å². The molecule has 0 aliphatic heterocycles. The van der Waals surface area contributed by atoms with Gasteiger partial charge in [0.1, 0.15) is 0 Å². The summed E-state index contributed by atoms with van der Waals surface area (Å²) in [5, 5.41) is 9.98. The molecule has 0 radical (unpaired) electrons. The summed E-state index contributed by atoms with van der Waals surface area (Å²) in [6, 6.07) is 0. The van der Waals surface area contributed by atoms with Crippen LogP contribution >= 0.6 is 12.6 Å². The van der Waals surface area contributed by atoms with Crippen LogP contribution in [0.25, 0.3) is 0 Å². The fourth-order valence-electron chi connectivity index (χ4n) is 2.79. The van der Waals surface area contributed by atoms with Crippen LogP contribution in [0.1, 0.15) is 81.6 Å². The van der Waals surface area contributed by atoms with Gasteiger partial charge in [-0.1, -0.05) is 67.9 Å². The first-order chi connectivity index (χ1) is 9.29. The first-order valence-corrected chi connectivity index (χ1v) is 8.79. The molecule has 1 nitrogen and oxygen atoms in total. The molecular formula is C19H38OS. The molecule has 0 aliphatic carbocycles. The SMILES string of the molecule is CCCC(C)(C)C(C)(C)/C=C(/CO)C(C)(C)C(C)(S)CC. The first kappa shape index (κ1) is 21.0. The van der Waals surface area contributed by atoms with Gasteiger partial charge in [0, 0.05) is 10.2 Å². The molecule has 0 aromatic heterocycles. The zero-order chi connectivity index (χ0) is 17.1. The molecule has 126 valence electrons. The van der Waals surface area contributed by atoms with Gasteiger partial charge >= 0.3 is 0 Å². The van der Waals surface area contributed by atoms with Gasteiger partial charge in [0.2, 0.25) is 0 Å². The second-order valence-electron chi connectivity index (χ2n) is 8.44. The van der Waals surface area contributed by atoms with Crippen molar-refractivity contribution in [2.24, 2.45) is 16.2 Å². The summed E-state index contributed by atoms with van der Waals surface area (Å²) >= 11 is 4.87. The van der Waals surface area contributed by atoms with Gasteiger partial charge in [-0.05, 0) is 36.2 Å². The van der Waals surface area contributed by atoms with E-state index >= 15 is 0 Å². The number of aliphatic hydroxyl groups is 1. The molecular weight excluding hydrogens is 276 g/mol. The standard InChI is InChI=1S/C19H38OS/c1-10-12-16(3,4)17(5,6)13-15(14-20)18(7,8)19(9,21)11-2/h13,20-21H,10-12,14H2,1-9H3/b15-13-. The molecule has 0 saturated carbocycles. The van der Waals surface area contributed by atoms with Crippen LogP contribution in [-0.2, 0) is 0 Å². The van der Waals surface area contributed by atoms with Gasteiger partial charge in [0.05, 0.1) is 6.61 Å². The van der Waals surface area contributed by atoms with E-state index in [2.05, 4.69) is 68.4 Å². The maximum absolute atomic E-state index is 9.98. The Bertz CT molecular complexity index is 362. The number of rotatable bonds is 8. The van der Waals surface area contributed by atoms with Crippen LogP contribution in [0.4, 0.5) is 0 Å². The van der Waals surface area contributed by atoms with E-state index in [9.17, 15) is 5.11 Å². The molecule has 0 amide bonds. The summed E-state index contributed by atoms with van der Waals surface area (Å²) in [6.45, 7) is 20.3. The lowest BCUT2D eigenvalue weighted by Crippen LogP contribution is -2.40. The lowest BCUT2D eigenvalue weighted by Gasteiger charge is -2.45. The van der Waals surface area contributed by atoms with Gasteiger partial charge in [0.15, 0.2) is 0 Å². The van der Waals surface area contributed by atoms with Crippen LogP contribution in [0, 0.1) is 16.2 Å². The predicted octanol–water partition coefficient (Wildman–Crippen LogP) is 5.88. The van der Waals surface area contributed by atoms with E-state index in [4.69, 9.17) is 12.6 Å². The van der Waals surface area contributed by atoms with Gasteiger partial charge in [-0.3, -0.25) is 0 Å². The minimum absolute atomic E-state index is 0.0376. The van der Waals surface area contributed by atoms with Gasteiger partial charge < -0.3 is 5.11 Å². The third-order valence-corrected chi connectivity index (χ3v) is 7.04. The van der Waals surface area contributed by atoms with Gasteiger partial charge in [0.25, 0.3) is 0 Å². The Morgan fingerprint density at radius 1 is 1.00 bits per heavy atom. The minimum atomic E-state index is -0.140. The number of allylic oxidation sites excluding steroid dienone is 1. The lowest BCUT2D eigenvalue weighted by atomic mass is 9.62. The largest absolute Gasteiger partial charge is 0.392 e. The third kappa shape index (κ3) is 4.51. The van der Waals surface area contributed by atoms with Crippen LogP contribution in [0.2, 0.25) is 0 Å². The monoisotopic (exact) mass is 314 g/mol. The van der Waals surface area contributed by atoms with E-state index in [1.165, 1.54) is 12.8 Å². The van der Waals surface area contributed by atoms with Crippen molar-refractivity contribution in [3.8, 4) is 0 Å². The molecule has 1 N–H and O–H groups in total. The Balaban J connectivity index is 5.75. The number of thiol groups is 1. The second kappa shape index (κ2) is 7.08. The third-order valence-electron chi connectivity index (χ3n) is 6.16. The Hall–Kier alpha value is 0.0500. The summed E-state index contributed by atoms with van der Waals surface area (Å²) in [6.07, 6.45) is 5.65. The molecule has 0 fully saturated rings. The van der Waals surface area contributed by atoms with Crippen molar-refractivity contribution in [2.45, 2.75) is 86.3 Å². The quantitative estimate of drug-likeness (QED) is 0.423. The zero-order valence-corrected chi connectivity index (χ0v) is 16.7. The molecule has 0 spiro atoms. The van der Waals surface area contributed by atoms with Gasteiger partial charge in [-0.15, -0.1) is 0 Å². The van der Waals surface area contributed by atoms with Crippen molar-refractivity contribution in [1.29, 1.82) is 0 Å². The van der Waals surface area contributed by atoms with E-state index in [1.807, 2.05) is 0 Å². The van der Waals surface area contributed by atoms with Gasteiger partial charge in [-0.25, -0.2) is 0 Å². The van der Waals surface area contributed by atoms with Crippen LogP contribution < -0.4 is 0 Å². The molecule has 0 aliphatic rings. The molecule has 1 atom stereocenters. The Morgan fingerprint density at radius 2 is 1.48 bits per heavy atom. The second-order valence-corrected chi connectivity index (χ2v) is 9.42. The van der Waals surface area contributed by atoms with E-state index in [-0.39, 0.29) is 27.6 Å². The van der Waals surface area contributed by atoms with Crippen molar-refractivity contribution in [3.05, 3.63) is 11.6 Å². The molecule has 0 heterocycles. The van der Waals surface area contributed by atoms with Crippen LogP contribution in [-0.4, -0.2) is 16.5 Å². The average Bonchev–Trinajstić information content (AvgIpc) is 2.35. The van der Waals surface area contributed by atoms with E-state index in [1.54, 1.807) is 0 Å². The Morgan fingerprint density at radius 3 is 1.81 bits per heavy atom. The molecule has 1 unspecified atom stereocenters. The van der Waals surface area contributed by atoms with E-state index < -0.39 is 0 Å². The van der Waals surface area contributed by atoms with Crippen molar-refractivity contribution in [3.63, 3.8) is 0 Å². The summed E-state index contributed by atoms with van der Waals surface area (Å²) in [5.74, 6) is 0. The highest BCUT2D eigenvalue weighted by atomic mass is 32.1. The number of hydrogen-bond acceptors (Lipinski definition) is 2. The summed E-state index contributed by atoms with van der Waals surface area (Å²) in [5.41, 5.74) is 1.21. The maximum Gasteiger partial charge on any atom is 0.0647 e. The van der Waals surface area contributed by atoms with Crippen LogP contribution in [0.15, 0.2) is 11.6 Å². The predicted molar refractivity (Wildman–Crippen MR) is 99.1 cm³/mol. The zero-order valence-electron chi connectivity index (χ0n) is 15.8. The van der Waals surface area contributed by atoms with Crippen LogP contribution in [0.3, 0.4) is 0 Å². The number of hydrogen-bond donors (Lipinski definition) is 2. The summed E-state index contributed by atoms with van der Waals surface area (Å²) in [4.78, 5) is 0. The fourth-order valence-corrected chi connectivity index (χ4v) is 2.93. The molecule has 0 rings (SSSR count). The highest BCUT2D eigenvalue weighted by Crippen LogP contribution is 2.49. The Labute approximate surface area is 139 Å². The molecule has 0 aromatic rings. The summed E-state index contributed by atoms with van der Waals surface area (Å²) in [7, 11) is 0. The van der Waals surface area contributed by atoms with Gasteiger partial charge in [-0.2, -0.15) is 12.6 Å². The maximum atomic E-state index is 9.98. The highest BCUT2D eigenvalue weighted by Gasteiger charge is 2.42. The smallest absolute Gasteiger partial charge is 0.0647 e. The molecule has 2 heteroatoms. The van der Waals surface area contributed by atoms with E-state index in [0.29, 0.717) is 0 Å². The average molecular weight is 315 g/mol. The van der Waals surface area contributed by atoms with Crippen molar-refractivity contribution < 1.29 is 5.11 Å². The highest BCUT2D eigenvalue weighted by molar-refractivity contribution is 7.81. The Kier molecular flexibility index (Phi) is 7.10. The molecule has 0 bridgehead atoms. The fraction of sp³-hybridized carbons (Fsp3) is 0.895. The lowest BCUT2D eigenvalue weighted by molar-refractivity contribution is 0.143. The van der Waals surface area contributed by atoms with Crippen molar-refractivity contribution in [2.75, 3.05) is 6.61 Å². The minimum Gasteiger partial charge on any atom is -0.392 e. The van der Waals surface area contributed by atoms with Crippen LogP contribution in [0.5, 0.6) is 0 Å². The normalized spacial score (nSPS) is 17.8. The van der Waals surface area contributed by atoms with Crippen molar-refractivity contribution >= 4 is 12.6 Å². The molecule has 0 saturated heterocycles. The van der Waals surface area contributed by atoms with Crippen molar-refractivity contribution in [1.82, 2.24) is 0 Å². The number of aliphatic hydroxyl groups excluding tert-OH is 1.